The van der Waals surface area contributed by atoms with Crippen LogP contribution in [-0.2, 0) is 6.42 Å². The largest absolute Gasteiger partial charge is 0.496 e. The number of carbonyl (C=O) groups is 1. The second-order valence-electron chi connectivity index (χ2n) is 4.45. The number of anilines is 1. The molecule has 0 saturated carbocycles. The molecule has 0 aliphatic rings. The number of benzene rings is 2. The van der Waals surface area contributed by atoms with Crippen molar-refractivity contribution in [2.24, 2.45) is 0 Å². The number of nitrogens with one attached hydrogen (secondary N) is 1. The lowest BCUT2D eigenvalue weighted by molar-refractivity contribution is 0.102. The summed E-state index contributed by atoms with van der Waals surface area (Å²) in [7, 11) is 1.53. The molecule has 21 heavy (non-hydrogen) atoms. The molecule has 0 saturated heterocycles. The molecule has 1 amide bonds. The maximum Gasteiger partial charge on any atom is 0.259 e. The Bertz CT molecular complexity index is 673. The van der Waals surface area contributed by atoms with Gasteiger partial charge in [-0.15, -0.1) is 0 Å². The smallest absolute Gasteiger partial charge is 0.259 e. The summed E-state index contributed by atoms with van der Waals surface area (Å²) in [4.78, 5) is 12.4. The van der Waals surface area contributed by atoms with E-state index >= 15 is 0 Å². The van der Waals surface area contributed by atoms with Gasteiger partial charge < -0.3 is 10.1 Å². The zero-order chi connectivity index (χ0) is 15.4. The van der Waals surface area contributed by atoms with Gasteiger partial charge in [0.05, 0.1) is 12.7 Å². The number of amides is 1. The van der Waals surface area contributed by atoms with E-state index < -0.39 is 0 Å². The van der Waals surface area contributed by atoms with Gasteiger partial charge in [-0.25, -0.2) is 0 Å². The molecule has 0 spiro atoms. The van der Waals surface area contributed by atoms with Gasteiger partial charge in [0.2, 0.25) is 0 Å². The van der Waals surface area contributed by atoms with Crippen LogP contribution in [0.3, 0.4) is 0 Å². The zero-order valence-electron chi connectivity index (χ0n) is 11.7. The predicted molar refractivity (Wildman–Crippen MR) is 94.5 cm³/mol. The van der Waals surface area contributed by atoms with E-state index in [9.17, 15) is 4.79 Å². The molecule has 2 aromatic rings. The number of hydrogen-bond donors (Lipinski definition) is 1. The molecule has 3 nitrogen and oxygen atoms in total. The summed E-state index contributed by atoms with van der Waals surface area (Å²) in [5.74, 6) is 0.269. The van der Waals surface area contributed by atoms with Crippen LogP contribution in [0.1, 0.15) is 22.8 Å². The second-order valence-corrected chi connectivity index (χ2v) is 6.14. The maximum absolute atomic E-state index is 12.4. The van der Waals surface area contributed by atoms with Crippen molar-refractivity contribution >= 4 is 45.8 Å². The third-order valence-corrected chi connectivity index (χ3v) is 4.01. The van der Waals surface area contributed by atoms with Gasteiger partial charge in [0.15, 0.2) is 0 Å². The summed E-state index contributed by atoms with van der Waals surface area (Å²) >= 11 is 8.22. The monoisotopic (exact) mass is 415 g/mol. The Kier molecular flexibility index (Phi) is 5.47. The Morgan fingerprint density at radius 2 is 2.05 bits per heavy atom. The predicted octanol–water partition coefficient (Wildman–Crippen LogP) is 4.77. The van der Waals surface area contributed by atoms with Crippen LogP contribution < -0.4 is 10.1 Å². The third-order valence-electron chi connectivity index (χ3n) is 3.10. The molecular weight excluding hydrogens is 401 g/mol. The topological polar surface area (TPSA) is 38.3 Å². The first-order valence-corrected chi connectivity index (χ1v) is 7.94. The highest BCUT2D eigenvalue weighted by Gasteiger charge is 2.14. The number of ether oxygens (including phenoxy) is 1. The second kappa shape index (κ2) is 7.13. The van der Waals surface area contributed by atoms with E-state index in [0.29, 0.717) is 16.3 Å². The van der Waals surface area contributed by atoms with Crippen molar-refractivity contribution in [3.63, 3.8) is 0 Å². The molecule has 5 heteroatoms. The van der Waals surface area contributed by atoms with E-state index in [1.165, 1.54) is 7.11 Å². The Morgan fingerprint density at radius 3 is 2.71 bits per heavy atom. The molecule has 110 valence electrons. The Hall–Kier alpha value is -1.27. The molecule has 0 aliphatic heterocycles. The first kappa shape index (κ1) is 16.1. The minimum atomic E-state index is -0.231. The first-order valence-electron chi connectivity index (χ1n) is 6.48. The fraction of sp³-hybridized carbons (Fsp3) is 0.188. The standard InChI is InChI=1S/C16H15ClINO2/c1-3-10-8-12(18)5-6-14(10)19-16(20)13-9-11(17)4-7-15(13)21-2/h4-9H,3H2,1-2H3,(H,19,20). The van der Waals surface area contributed by atoms with Crippen LogP contribution in [0, 0.1) is 3.57 Å². The van der Waals surface area contributed by atoms with Gasteiger partial charge >= 0.3 is 0 Å². The van der Waals surface area contributed by atoms with Crippen molar-refractivity contribution in [1.29, 1.82) is 0 Å². The molecule has 0 aromatic heterocycles. The lowest BCUT2D eigenvalue weighted by Crippen LogP contribution is -2.14. The average Bonchev–Trinajstić information content (AvgIpc) is 2.48. The average molecular weight is 416 g/mol. The van der Waals surface area contributed by atoms with Gasteiger partial charge in [-0.2, -0.15) is 0 Å². The highest BCUT2D eigenvalue weighted by atomic mass is 127. The van der Waals surface area contributed by atoms with E-state index in [2.05, 4.69) is 40.9 Å². The molecule has 0 fully saturated rings. The number of halogens is 2. The normalized spacial score (nSPS) is 10.3. The van der Waals surface area contributed by atoms with Crippen LogP contribution in [0.4, 0.5) is 5.69 Å². The fourth-order valence-electron chi connectivity index (χ4n) is 2.02. The van der Waals surface area contributed by atoms with E-state index in [-0.39, 0.29) is 5.91 Å². The molecule has 0 aliphatic carbocycles. The van der Waals surface area contributed by atoms with Gasteiger partial charge in [-0.1, -0.05) is 18.5 Å². The number of carbonyl (C=O) groups excluding carboxylic acids is 1. The molecule has 0 radical (unpaired) electrons. The Balaban J connectivity index is 2.32. The molecule has 2 rings (SSSR count). The molecule has 0 bridgehead atoms. The third kappa shape index (κ3) is 3.89. The van der Waals surface area contributed by atoms with Gasteiger partial charge in [0.25, 0.3) is 5.91 Å². The van der Waals surface area contributed by atoms with E-state index in [1.807, 2.05) is 12.1 Å². The van der Waals surface area contributed by atoms with Crippen molar-refractivity contribution in [2.75, 3.05) is 12.4 Å². The van der Waals surface area contributed by atoms with Crippen LogP contribution >= 0.6 is 34.2 Å². The van der Waals surface area contributed by atoms with E-state index in [1.54, 1.807) is 18.2 Å². The maximum atomic E-state index is 12.4. The van der Waals surface area contributed by atoms with Crippen molar-refractivity contribution in [3.05, 3.63) is 56.1 Å². The van der Waals surface area contributed by atoms with Gasteiger partial charge in [0.1, 0.15) is 5.75 Å². The van der Waals surface area contributed by atoms with Crippen LogP contribution in [-0.4, -0.2) is 13.0 Å². The van der Waals surface area contributed by atoms with Gasteiger partial charge in [0, 0.05) is 14.3 Å². The number of hydrogen-bond acceptors (Lipinski definition) is 2. The highest BCUT2D eigenvalue weighted by Crippen LogP contribution is 2.25. The first-order chi connectivity index (χ1) is 10.0. The fourth-order valence-corrected chi connectivity index (χ4v) is 2.75. The summed E-state index contributed by atoms with van der Waals surface area (Å²) in [5, 5.41) is 3.43. The number of methoxy groups -OCH3 is 1. The van der Waals surface area contributed by atoms with Crippen LogP contribution in [0.25, 0.3) is 0 Å². The SMILES string of the molecule is CCc1cc(I)ccc1NC(=O)c1cc(Cl)ccc1OC. The molecule has 2 aromatic carbocycles. The Morgan fingerprint density at radius 1 is 1.29 bits per heavy atom. The van der Waals surface area contributed by atoms with Gasteiger partial charge in [-0.05, 0) is 71.0 Å². The number of rotatable bonds is 4. The zero-order valence-corrected chi connectivity index (χ0v) is 14.7. The summed E-state index contributed by atoms with van der Waals surface area (Å²) in [5.41, 5.74) is 2.33. The molecule has 0 unspecified atom stereocenters. The van der Waals surface area contributed by atoms with Crippen LogP contribution in [0.15, 0.2) is 36.4 Å². The molecule has 0 atom stereocenters. The summed E-state index contributed by atoms with van der Waals surface area (Å²) in [6.07, 6.45) is 0.846. The highest BCUT2D eigenvalue weighted by molar-refractivity contribution is 14.1. The van der Waals surface area contributed by atoms with E-state index in [4.69, 9.17) is 16.3 Å². The summed E-state index contributed by atoms with van der Waals surface area (Å²) in [6.45, 7) is 2.06. The minimum Gasteiger partial charge on any atom is -0.496 e. The lowest BCUT2D eigenvalue weighted by atomic mass is 10.1. The summed E-state index contributed by atoms with van der Waals surface area (Å²) in [6, 6.07) is 10.9. The number of aryl methyl sites for hydroxylation is 1. The van der Waals surface area contributed by atoms with Crippen molar-refractivity contribution in [3.8, 4) is 5.75 Å². The van der Waals surface area contributed by atoms with Crippen LogP contribution in [0.5, 0.6) is 5.75 Å². The quantitative estimate of drug-likeness (QED) is 0.731. The van der Waals surface area contributed by atoms with Gasteiger partial charge in [-0.3, -0.25) is 4.79 Å². The van der Waals surface area contributed by atoms with Crippen molar-refractivity contribution < 1.29 is 9.53 Å². The Labute approximate surface area is 142 Å². The van der Waals surface area contributed by atoms with E-state index in [0.717, 1.165) is 21.2 Å². The molecule has 1 N–H and O–H groups in total. The van der Waals surface area contributed by atoms with Crippen molar-refractivity contribution in [1.82, 2.24) is 0 Å². The summed E-state index contributed by atoms with van der Waals surface area (Å²) < 4.78 is 6.36. The molecule has 0 heterocycles. The van der Waals surface area contributed by atoms with Crippen LogP contribution in [0.2, 0.25) is 5.02 Å². The van der Waals surface area contributed by atoms with Crippen molar-refractivity contribution in [2.45, 2.75) is 13.3 Å². The minimum absolute atomic E-state index is 0.231. The lowest BCUT2D eigenvalue weighted by Gasteiger charge is -2.12. The molecular formula is C16H15ClINO2.